The summed E-state index contributed by atoms with van der Waals surface area (Å²) < 4.78 is 2.37. The number of hydrogen-bond donors (Lipinski definition) is 1. The summed E-state index contributed by atoms with van der Waals surface area (Å²) in [6.45, 7) is 2.08. The fourth-order valence-corrected chi connectivity index (χ4v) is 3.62. The van der Waals surface area contributed by atoms with Crippen LogP contribution in [-0.4, -0.2) is 22.6 Å². The van der Waals surface area contributed by atoms with Crippen molar-refractivity contribution in [3.05, 3.63) is 52.5 Å². The summed E-state index contributed by atoms with van der Waals surface area (Å²) in [6, 6.07) is 14.5. The van der Waals surface area contributed by atoms with Crippen LogP contribution in [0.4, 0.5) is 0 Å². The fourth-order valence-electron chi connectivity index (χ4n) is 3.32. The maximum atomic E-state index is 6.22. The number of aromatic nitrogens is 2. The van der Waals surface area contributed by atoms with Crippen LogP contribution in [0.3, 0.4) is 0 Å². The molecule has 1 aliphatic rings. The lowest BCUT2D eigenvalue weighted by Crippen LogP contribution is -2.29. The third-order valence-corrected chi connectivity index (χ3v) is 5.19. The van der Waals surface area contributed by atoms with Crippen molar-refractivity contribution in [2.45, 2.75) is 18.9 Å². The Balaban J connectivity index is 1.92. The molecule has 1 N–H and O–H groups in total. The third kappa shape index (κ3) is 2.74. The largest absolute Gasteiger partial charge is 0.321 e. The summed E-state index contributed by atoms with van der Waals surface area (Å²) in [7, 11) is 0. The molecule has 0 saturated carbocycles. The van der Waals surface area contributed by atoms with Crippen LogP contribution in [0, 0.1) is 0 Å². The SMILES string of the molecule is Clc1ccc(-c2nc3ccccc3n2C2CCNCC2)cc1Cl. The Morgan fingerprint density at radius 2 is 1.78 bits per heavy atom. The zero-order valence-electron chi connectivity index (χ0n) is 12.6. The maximum Gasteiger partial charge on any atom is 0.141 e. The van der Waals surface area contributed by atoms with Crippen molar-refractivity contribution < 1.29 is 0 Å². The van der Waals surface area contributed by atoms with E-state index in [1.165, 1.54) is 5.52 Å². The molecule has 1 saturated heterocycles. The predicted molar refractivity (Wildman–Crippen MR) is 96.3 cm³/mol. The van der Waals surface area contributed by atoms with Gasteiger partial charge in [0.05, 0.1) is 21.1 Å². The molecule has 1 aromatic heterocycles. The molecular formula is C18H17Cl2N3. The van der Waals surface area contributed by atoms with E-state index in [0.717, 1.165) is 42.8 Å². The first-order valence-electron chi connectivity index (χ1n) is 7.87. The molecule has 23 heavy (non-hydrogen) atoms. The highest BCUT2D eigenvalue weighted by Crippen LogP contribution is 2.34. The van der Waals surface area contributed by atoms with E-state index in [1.54, 1.807) is 0 Å². The van der Waals surface area contributed by atoms with Crippen LogP contribution in [0.15, 0.2) is 42.5 Å². The number of nitrogens with one attached hydrogen (secondary N) is 1. The highest BCUT2D eigenvalue weighted by atomic mass is 35.5. The fraction of sp³-hybridized carbons (Fsp3) is 0.278. The summed E-state index contributed by atoms with van der Waals surface area (Å²) in [4.78, 5) is 4.87. The molecule has 2 heterocycles. The van der Waals surface area contributed by atoms with Crippen molar-refractivity contribution in [2.24, 2.45) is 0 Å². The summed E-state index contributed by atoms with van der Waals surface area (Å²) >= 11 is 12.3. The molecule has 0 aliphatic carbocycles. The number of fused-ring (bicyclic) bond motifs is 1. The predicted octanol–water partition coefficient (Wildman–Crippen LogP) is 4.93. The topological polar surface area (TPSA) is 29.9 Å². The minimum Gasteiger partial charge on any atom is -0.321 e. The van der Waals surface area contributed by atoms with Gasteiger partial charge in [0.2, 0.25) is 0 Å². The summed E-state index contributed by atoms with van der Waals surface area (Å²) in [6.07, 6.45) is 2.21. The molecule has 4 rings (SSSR count). The molecule has 2 aromatic carbocycles. The highest BCUT2D eigenvalue weighted by molar-refractivity contribution is 6.42. The molecule has 1 aliphatic heterocycles. The van der Waals surface area contributed by atoms with Crippen molar-refractivity contribution in [1.82, 2.24) is 14.9 Å². The van der Waals surface area contributed by atoms with Crippen LogP contribution in [0.5, 0.6) is 0 Å². The molecule has 0 radical (unpaired) electrons. The Morgan fingerprint density at radius 3 is 2.57 bits per heavy atom. The first-order valence-corrected chi connectivity index (χ1v) is 8.63. The van der Waals surface area contributed by atoms with Gasteiger partial charge in [-0.15, -0.1) is 0 Å². The Morgan fingerprint density at radius 1 is 1.00 bits per heavy atom. The van der Waals surface area contributed by atoms with Crippen molar-refractivity contribution in [2.75, 3.05) is 13.1 Å². The van der Waals surface area contributed by atoms with E-state index >= 15 is 0 Å². The second-order valence-corrected chi connectivity index (χ2v) is 6.72. The van der Waals surface area contributed by atoms with E-state index in [1.807, 2.05) is 24.3 Å². The van der Waals surface area contributed by atoms with E-state index in [-0.39, 0.29) is 0 Å². The van der Waals surface area contributed by atoms with Crippen molar-refractivity contribution >= 4 is 34.2 Å². The number of benzene rings is 2. The average molecular weight is 346 g/mol. The first-order chi connectivity index (χ1) is 11.2. The molecule has 0 unspecified atom stereocenters. The van der Waals surface area contributed by atoms with E-state index in [9.17, 15) is 0 Å². The van der Waals surface area contributed by atoms with Gasteiger partial charge in [0.15, 0.2) is 0 Å². The standard InChI is InChI=1S/C18H17Cl2N3/c19-14-6-5-12(11-15(14)20)18-22-16-3-1-2-4-17(16)23(18)13-7-9-21-10-8-13/h1-6,11,13,21H,7-10H2. The third-order valence-electron chi connectivity index (χ3n) is 4.45. The molecule has 0 spiro atoms. The monoisotopic (exact) mass is 345 g/mol. The van der Waals surface area contributed by atoms with E-state index < -0.39 is 0 Å². The smallest absolute Gasteiger partial charge is 0.141 e. The van der Waals surface area contributed by atoms with E-state index in [4.69, 9.17) is 28.2 Å². The second-order valence-electron chi connectivity index (χ2n) is 5.90. The number of para-hydroxylation sites is 2. The quantitative estimate of drug-likeness (QED) is 0.713. The number of hydrogen-bond acceptors (Lipinski definition) is 2. The first kappa shape index (κ1) is 15.0. The minimum atomic E-state index is 0.452. The van der Waals surface area contributed by atoms with Gasteiger partial charge in [0.1, 0.15) is 5.82 Å². The van der Waals surface area contributed by atoms with Gasteiger partial charge < -0.3 is 9.88 Å². The minimum absolute atomic E-state index is 0.452. The molecule has 0 bridgehead atoms. The Labute approximate surface area is 145 Å². The Kier molecular flexibility index (Phi) is 4.02. The summed E-state index contributed by atoms with van der Waals surface area (Å²) in [5, 5.41) is 4.56. The average Bonchev–Trinajstić information content (AvgIpc) is 2.97. The molecule has 3 aromatic rings. The Hall–Kier alpha value is -1.55. The second kappa shape index (κ2) is 6.16. The number of imidazole rings is 1. The zero-order chi connectivity index (χ0) is 15.8. The van der Waals surface area contributed by atoms with Gasteiger partial charge >= 0.3 is 0 Å². The molecule has 118 valence electrons. The van der Waals surface area contributed by atoms with Crippen LogP contribution < -0.4 is 5.32 Å². The molecule has 0 atom stereocenters. The lowest BCUT2D eigenvalue weighted by molar-refractivity contribution is 0.377. The van der Waals surface area contributed by atoms with Crippen LogP contribution in [0.2, 0.25) is 10.0 Å². The lowest BCUT2D eigenvalue weighted by atomic mass is 10.1. The van der Waals surface area contributed by atoms with Gasteiger partial charge in [-0.05, 0) is 56.3 Å². The maximum absolute atomic E-state index is 6.22. The highest BCUT2D eigenvalue weighted by Gasteiger charge is 2.22. The van der Waals surface area contributed by atoms with E-state index in [0.29, 0.717) is 16.1 Å². The van der Waals surface area contributed by atoms with Crippen molar-refractivity contribution in [3.8, 4) is 11.4 Å². The molecule has 0 amide bonds. The van der Waals surface area contributed by atoms with Crippen molar-refractivity contribution in [1.29, 1.82) is 0 Å². The van der Waals surface area contributed by atoms with Gasteiger partial charge in [-0.2, -0.15) is 0 Å². The zero-order valence-corrected chi connectivity index (χ0v) is 14.1. The number of nitrogens with zero attached hydrogens (tertiary/aromatic N) is 2. The van der Waals surface area contributed by atoms with Gasteiger partial charge in [-0.1, -0.05) is 35.3 Å². The van der Waals surface area contributed by atoms with Crippen LogP contribution in [-0.2, 0) is 0 Å². The summed E-state index contributed by atoms with van der Waals surface area (Å²) in [5.74, 6) is 0.969. The lowest BCUT2D eigenvalue weighted by Gasteiger charge is -2.26. The van der Waals surface area contributed by atoms with Crippen LogP contribution in [0.1, 0.15) is 18.9 Å². The molecule has 1 fully saturated rings. The van der Waals surface area contributed by atoms with Crippen molar-refractivity contribution in [3.63, 3.8) is 0 Å². The van der Waals surface area contributed by atoms with Crippen LogP contribution >= 0.6 is 23.2 Å². The normalized spacial score (nSPS) is 16.1. The number of piperidine rings is 1. The number of halogens is 2. The van der Waals surface area contributed by atoms with Gasteiger partial charge in [0.25, 0.3) is 0 Å². The molecular weight excluding hydrogens is 329 g/mol. The van der Waals surface area contributed by atoms with Gasteiger partial charge in [0, 0.05) is 11.6 Å². The van der Waals surface area contributed by atoms with Gasteiger partial charge in [-0.25, -0.2) is 4.98 Å². The molecule has 3 nitrogen and oxygen atoms in total. The Bertz CT molecular complexity index is 851. The van der Waals surface area contributed by atoms with E-state index in [2.05, 4.69) is 28.1 Å². The molecule has 5 heteroatoms. The summed E-state index contributed by atoms with van der Waals surface area (Å²) in [5.41, 5.74) is 3.21. The number of rotatable bonds is 2. The van der Waals surface area contributed by atoms with Crippen LogP contribution in [0.25, 0.3) is 22.4 Å². The van der Waals surface area contributed by atoms with Gasteiger partial charge in [-0.3, -0.25) is 0 Å².